The SMILES string of the molecule is CCOCc1cc(C(=O)NNC(=O)C(=O)NC(C)C)ccc1OC. The lowest BCUT2D eigenvalue weighted by molar-refractivity contribution is -0.139. The maximum Gasteiger partial charge on any atom is 0.327 e. The smallest absolute Gasteiger partial charge is 0.327 e. The third kappa shape index (κ3) is 5.88. The monoisotopic (exact) mass is 337 g/mol. The number of hydrazine groups is 1. The summed E-state index contributed by atoms with van der Waals surface area (Å²) in [6.07, 6.45) is 0. The van der Waals surface area contributed by atoms with Crippen LogP contribution in [0.4, 0.5) is 0 Å². The predicted octanol–water partition coefficient (Wildman–Crippen LogP) is 0.517. The summed E-state index contributed by atoms with van der Waals surface area (Å²) in [5, 5.41) is 2.42. The molecule has 1 aromatic rings. The summed E-state index contributed by atoms with van der Waals surface area (Å²) in [6.45, 7) is 6.13. The van der Waals surface area contributed by atoms with E-state index in [1.54, 1.807) is 32.0 Å². The number of carbonyl (C=O) groups is 3. The average Bonchev–Trinajstić information content (AvgIpc) is 2.56. The van der Waals surface area contributed by atoms with E-state index in [4.69, 9.17) is 9.47 Å². The first-order valence-corrected chi connectivity index (χ1v) is 7.54. The summed E-state index contributed by atoms with van der Waals surface area (Å²) in [4.78, 5) is 35.1. The van der Waals surface area contributed by atoms with Gasteiger partial charge in [0.05, 0.1) is 13.7 Å². The molecule has 0 heterocycles. The number of nitrogens with one attached hydrogen (secondary N) is 3. The third-order valence-electron chi connectivity index (χ3n) is 2.92. The van der Waals surface area contributed by atoms with E-state index in [0.717, 1.165) is 0 Å². The van der Waals surface area contributed by atoms with Crippen LogP contribution in [-0.2, 0) is 20.9 Å². The Morgan fingerprint density at radius 1 is 1.12 bits per heavy atom. The van der Waals surface area contributed by atoms with Crippen LogP contribution in [0.15, 0.2) is 18.2 Å². The molecular weight excluding hydrogens is 314 g/mol. The molecule has 0 radical (unpaired) electrons. The number of hydrogen-bond donors (Lipinski definition) is 3. The molecule has 0 aromatic heterocycles. The van der Waals surface area contributed by atoms with E-state index in [9.17, 15) is 14.4 Å². The van der Waals surface area contributed by atoms with Gasteiger partial charge < -0.3 is 14.8 Å². The molecular formula is C16H23N3O5. The van der Waals surface area contributed by atoms with Crippen LogP contribution in [0.1, 0.15) is 36.7 Å². The summed E-state index contributed by atoms with van der Waals surface area (Å²) in [6, 6.07) is 4.60. The molecule has 0 atom stereocenters. The normalized spacial score (nSPS) is 10.2. The van der Waals surface area contributed by atoms with Crippen molar-refractivity contribution in [2.75, 3.05) is 13.7 Å². The second-order valence-electron chi connectivity index (χ2n) is 5.20. The quantitative estimate of drug-likeness (QED) is 0.518. The Morgan fingerprint density at radius 3 is 2.42 bits per heavy atom. The second kappa shape index (κ2) is 9.51. The van der Waals surface area contributed by atoms with Crippen LogP contribution in [-0.4, -0.2) is 37.5 Å². The van der Waals surface area contributed by atoms with Crippen LogP contribution in [0.5, 0.6) is 5.75 Å². The molecule has 0 spiro atoms. The van der Waals surface area contributed by atoms with Crippen LogP contribution in [0.3, 0.4) is 0 Å². The molecule has 0 saturated carbocycles. The summed E-state index contributed by atoms with van der Waals surface area (Å²) < 4.78 is 10.5. The number of amides is 3. The van der Waals surface area contributed by atoms with Crippen molar-refractivity contribution in [3.63, 3.8) is 0 Å². The average molecular weight is 337 g/mol. The fraction of sp³-hybridized carbons (Fsp3) is 0.438. The van der Waals surface area contributed by atoms with Crippen LogP contribution in [0.25, 0.3) is 0 Å². The molecule has 0 aliphatic rings. The molecule has 0 aliphatic heterocycles. The highest BCUT2D eigenvalue weighted by atomic mass is 16.5. The molecule has 0 aliphatic carbocycles. The minimum absolute atomic E-state index is 0.179. The van der Waals surface area contributed by atoms with Gasteiger partial charge in [0.25, 0.3) is 5.91 Å². The molecule has 3 N–H and O–H groups in total. The van der Waals surface area contributed by atoms with Crippen molar-refractivity contribution in [2.24, 2.45) is 0 Å². The number of benzene rings is 1. The highest BCUT2D eigenvalue weighted by Crippen LogP contribution is 2.20. The van der Waals surface area contributed by atoms with Crippen LogP contribution < -0.4 is 20.9 Å². The van der Waals surface area contributed by atoms with Crippen molar-refractivity contribution in [3.05, 3.63) is 29.3 Å². The molecule has 8 nitrogen and oxygen atoms in total. The fourth-order valence-electron chi connectivity index (χ4n) is 1.81. The summed E-state index contributed by atoms with van der Waals surface area (Å²) >= 11 is 0. The third-order valence-corrected chi connectivity index (χ3v) is 2.92. The first-order chi connectivity index (χ1) is 11.4. The van der Waals surface area contributed by atoms with Crippen molar-refractivity contribution in [3.8, 4) is 5.75 Å². The number of rotatable bonds is 6. The maximum absolute atomic E-state index is 12.1. The first kappa shape index (κ1) is 19.4. The van der Waals surface area contributed by atoms with Gasteiger partial charge >= 0.3 is 11.8 Å². The number of methoxy groups -OCH3 is 1. The van der Waals surface area contributed by atoms with E-state index >= 15 is 0 Å². The van der Waals surface area contributed by atoms with Gasteiger partial charge in [0.2, 0.25) is 0 Å². The Bertz CT molecular complexity index is 601. The molecule has 1 aromatic carbocycles. The van der Waals surface area contributed by atoms with E-state index in [1.165, 1.54) is 7.11 Å². The Morgan fingerprint density at radius 2 is 1.83 bits per heavy atom. The first-order valence-electron chi connectivity index (χ1n) is 7.54. The van der Waals surface area contributed by atoms with Crippen molar-refractivity contribution >= 4 is 17.7 Å². The van der Waals surface area contributed by atoms with Gasteiger partial charge in [-0.2, -0.15) is 0 Å². The van der Waals surface area contributed by atoms with Gasteiger partial charge in [-0.25, -0.2) is 0 Å². The summed E-state index contributed by atoms with van der Waals surface area (Å²) in [7, 11) is 1.53. The van der Waals surface area contributed by atoms with Crippen molar-refractivity contribution in [2.45, 2.75) is 33.4 Å². The lowest BCUT2D eigenvalue weighted by atomic mass is 10.1. The summed E-state index contributed by atoms with van der Waals surface area (Å²) in [5.74, 6) is -1.72. The Labute approximate surface area is 140 Å². The molecule has 0 fully saturated rings. The molecule has 8 heteroatoms. The minimum atomic E-state index is -0.944. The number of carbonyl (C=O) groups excluding carboxylic acids is 3. The number of ether oxygens (including phenoxy) is 2. The van der Waals surface area contributed by atoms with E-state index in [1.807, 2.05) is 6.92 Å². The Balaban J connectivity index is 2.70. The standard InChI is InChI=1S/C16H23N3O5/c1-5-24-9-12-8-11(6-7-13(12)23-4)14(20)18-19-16(22)15(21)17-10(2)3/h6-8,10H,5,9H2,1-4H3,(H,17,21)(H,18,20)(H,19,22). The van der Waals surface area contributed by atoms with Crippen molar-refractivity contribution < 1.29 is 23.9 Å². The maximum atomic E-state index is 12.1. The molecule has 1 rings (SSSR count). The summed E-state index contributed by atoms with van der Waals surface area (Å²) in [5.41, 5.74) is 5.26. The predicted molar refractivity (Wildman–Crippen MR) is 87.2 cm³/mol. The van der Waals surface area contributed by atoms with Crippen LogP contribution in [0, 0.1) is 0 Å². The minimum Gasteiger partial charge on any atom is -0.496 e. The van der Waals surface area contributed by atoms with E-state index in [-0.39, 0.29) is 6.04 Å². The van der Waals surface area contributed by atoms with Gasteiger partial charge in [-0.15, -0.1) is 0 Å². The molecule has 0 bridgehead atoms. The van der Waals surface area contributed by atoms with Gasteiger partial charge in [-0.1, -0.05) is 0 Å². The zero-order chi connectivity index (χ0) is 18.1. The van der Waals surface area contributed by atoms with Gasteiger partial charge in [0.1, 0.15) is 5.75 Å². The van der Waals surface area contributed by atoms with Crippen molar-refractivity contribution in [1.82, 2.24) is 16.2 Å². The Hall–Kier alpha value is -2.61. The largest absolute Gasteiger partial charge is 0.496 e. The fourth-order valence-corrected chi connectivity index (χ4v) is 1.81. The molecule has 132 valence electrons. The lowest BCUT2D eigenvalue weighted by Crippen LogP contribution is -2.49. The van der Waals surface area contributed by atoms with E-state index in [2.05, 4.69) is 16.2 Å². The topological polar surface area (TPSA) is 106 Å². The molecule has 0 unspecified atom stereocenters. The highest BCUT2D eigenvalue weighted by molar-refractivity contribution is 6.35. The second-order valence-corrected chi connectivity index (χ2v) is 5.20. The van der Waals surface area contributed by atoms with Gasteiger partial charge in [-0.3, -0.25) is 25.2 Å². The van der Waals surface area contributed by atoms with Crippen molar-refractivity contribution in [1.29, 1.82) is 0 Å². The Kier molecular flexibility index (Phi) is 7.70. The number of hydrogen-bond acceptors (Lipinski definition) is 5. The van der Waals surface area contributed by atoms with Crippen LogP contribution in [0.2, 0.25) is 0 Å². The molecule has 3 amide bonds. The molecule has 0 saturated heterocycles. The van der Waals surface area contributed by atoms with Crippen LogP contribution >= 0.6 is 0 Å². The zero-order valence-corrected chi connectivity index (χ0v) is 14.3. The van der Waals surface area contributed by atoms with Gasteiger partial charge in [-0.05, 0) is 39.0 Å². The molecule has 24 heavy (non-hydrogen) atoms. The zero-order valence-electron chi connectivity index (χ0n) is 14.3. The van der Waals surface area contributed by atoms with E-state index < -0.39 is 17.7 Å². The highest BCUT2D eigenvalue weighted by Gasteiger charge is 2.16. The van der Waals surface area contributed by atoms with Gasteiger partial charge in [0.15, 0.2) is 0 Å². The lowest BCUT2D eigenvalue weighted by Gasteiger charge is -2.12. The van der Waals surface area contributed by atoms with Gasteiger partial charge in [0, 0.05) is 23.8 Å². The van der Waals surface area contributed by atoms with E-state index in [0.29, 0.717) is 30.1 Å².